The van der Waals surface area contributed by atoms with E-state index in [1.165, 1.54) is 18.2 Å². The van der Waals surface area contributed by atoms with Gasteiger partial charge >= 0.3 is 35.5 Å². The molecule has 1 aliphatic heterocycles. The molecule has 0 radical (unpaired) electrons. The first kappa shape index (κ1) is 28.1. The Balaban J connectivity index is 2.06. The van der Waals surface area contributed by atoms with E-state index < -0.39 is 72.6 Å². The average Bonchev–Trinajstić information content (AvgIpc) is 2.80. The second-order valence-corrected chi connectivity index (χ2v) is 8.11. The van der Waals surface area contributed by atoms with Crippen molar-refractivity contribution in [3.8, 4) is 5.75 Å². The van der Waals surface area contributed by atoms with E-state index in [1.54, 1.807) is 0 Å². The summed E-state index contributed by atoms with van der Waals surface area (Å²) in [6.45, 7) is 3.15. The Morgan fingerprint density at radius 3 is 2.08 bits per heavy atom. The van der Waals surface area contributed by atoms with Crippen LogP contribution in [-0.2, 0) is 54.1 Å². The van der Waals surface area contributed by atoms with Crippen LogP contribution in [0.25, 0.3) is 11.0 Å². The highest BCUT2D eigenvalue weighted by Crippen LogP contribution is 2.32. The summed E-state index contributed by atoms with van der Waals surface area (Å²) in [5, 5.41) is 9.44. The molecule has 38 heavy (non-hydrogen) atoms. The predicted octanol–water partition coefficient (Wildman–Crippen LogP) is 0.492. The fourth-order valence-corrected chi connectivity index (χ4v) is 3.90. The minimum Gasteiger partial charge on any atom is -0.481 e. The number of esters is 4. The Kier molecular flexibility index (Phi) is 8.68. The molecule has 0 bridgehead atoms. The van der Waals surface area contributed by atoms with Crippen LogP contribution < -0.4 is 10.4 Å². The van der Waals surface area contributed by atoms with Crippen molar-refractivity contribution in [3.63, 3.8) is 0 Å². The summed E-state index contributed by atoms with van der Waals surface area (Å²) in [6.07, 6.45) is -8.38. The number of aliphatic carboxylic acids is 1. The van der Waals surface area contributed by atoms with Crippen LogP contribution in [0.5, 0.6) is 5.75 Å². The van der Waals surface area contributed by atoms with Gasteiger partial charge in [-0.2, -0.15) is 0 Å². The Hall–Kier alpha value is -4.46. The molecule has 2 unspecified atom stereocenters. The topological polar surface area (TPSA) is 191 Å². The lowest BCUT2D eigenvalue weighted by molar-refractivity contribution is -0.282. The number of rotatable bonds is 8. The first-order valence-corrected chi connectivity index (χ1v) is 11.1. The second-order valence-electron chi connectivity index (χ2n) is 8.11. The first-order valence-electron chi connectivity index (χ1n) is 11.1. The van der Waals surface area contributed by atoms with Crippen molar-refractivity contribution in [2.75, 3.05) is 7.11 Å². The van der Waals surface area contributed by atoms with Gasteiger partial charge in [0, 0.05) is 38.3 Å². The summed E-state index contributed by atoms with van der Waals surface area (Å²) < 4.78 is 37.1. The summed E-state index contributed by atoms with van der Waals surface area (Å²) in [5.41, 5.74) is -0.626. The van der Waals surface area contributed by atoms with Gasteiger partial charge in [0.15, 0.2) is 18.3 Å². The van der Waals surface area contributed by atoms with Gasteiger partial charge in [0.1, 0.15) is 11.3 Å². The van der Waals surface area contributed by atoms with Gasteiger partial charge in [-0.15, -0.1) is 0 Å². The van der Waals surface area contributed by atoms with Gasteiger partial charge < -0.3 is 37.9 Å². The maximum atomic E-state index is 12.5. The van der Waals surface area contributed by atoms with Crippen LogP contribution >= 0.6 is 0 Å². The van der Waals surface area contributed by atoms with E-state index in [-0.39, 0.29) is 16.9 Å². The van der Waals surface area contributed by atoms with Crippen molar-refractivity contribution in [1.82, 2.24) is 0 Å². The monoisotopic (exact) mass is 536 g/mol. The maximum absolute atomic E-state index is 12.5. The lowest BCUT2D eigenvalue weighted by Gasteiger charge is -2.43. The first-order chi connectivity index (χ1) is 17.9. The van der Waals surface area contributed by atoms with Crippen molar-refractivity contribution in [3.05, 3.63) is 40.2 Å². The number of ether oxygens (including phenoxy) is 6. The standard InChI is InChI=1S/C24H24O14/c1-10(25)33-19-20(34-11(2)26)22(35-12(3)27)24(38-21(19)23(31)32-4)36-14-5-6-15-13(7-17(28)29)8-18(30)37-16(15)9-14/h5-6,8-9,19-22,24H,7H2,1-4H3,(H,28,29)/t19-,20?,21?,22-,24+/m0/s1. The van der Waals surface area contributed by atoms with Gasteiger partial charge in [0.25, 0.3) is 0 Å². The number of methoxy groups -OCH3 is 1. The number of hydrogen-bond donors (Lipinski definition) is 1. The minimum absolute atomic E-state index is 0.0218. The van der Waals surface area contributed by atoms with Crippen molar-refractivity contribution < 1.29 is 61.9 Å². The van der Waals surface area contributed by atoms with Gasteiger partial charge in [-0.3, -0.25) is 19.2 Å². The molecule has 2 aromatic rings. The van der Waals surface area contributed by atoms with E-state index in [0.29, 0.717) is 5.39 Å². The summed E-state index contributed by atoms with van der Waals surface area (Å²) >= 11 is 0. The molecule has 0 amide bonds. The highest BCUT2D eigenvalue weighted by Gasteiger charge is 2.55. The molecule has 2 heterocycles. The highest BCUT2D eigenvalue weighted by atomic mass is 16.7. The van der Waals surface area contributed by atoms with E-state index in [1.807, 2.05) is 0 Å². The van der Waals surface area contributed by atoms with Gasteiger partial charge in [0.05, 0.1) is 13.5 Å². The van der Waals surface area contributed by atoms with Crippen molar-refractivity contribution in [2.24, 2.45) is 0 Å². The third kappa shape index (κ3) is 6.64. The molecule has 1 fully saturated rings. The molecule has 0 spiro atoms. The Labute approximate surface area is 214 Å². The minimum atomic E-state index is -1.66. The number of benzene rings is 1. The quantitative estimate of drug-likeness (QED) is 0.278. The molecule has 0 aliphatic carbocycles. The van der Waals surface area contributed by atoms with Gasteiger partial charge in [-0.25, -0.2) is 9.59 Å². The van der Waals surface area contributed by atoms with E-state index in [4.69, 9.17) is 37.9 Å². The molecule has 1 aliphatic rings. The Bertz CT molecular complexity index is 1310. The molecule has 1 aromatic carbocycles. The number of hydrogen-bond acceptors (Lipinski definition) is 13. The molecule has 14 heteroatoms. The van der Waals surface area contributed by atoms with Crippen molar-refractivity contribution >= 4 is 40.8 Å². The number of carboxylic acid groups (broad SMARTS) is 1. The fourth-order valence-electron chi connectivity index (χ4n) is 3.90. The molecule has 204 valence electrons. The lowest BCUT2D eigenvalue weighted by atomic mass is 9.97. The summed E-state index contributed by atoms with van der Waals surface area (Å²) in [6, 6.07) is 5.12. The largest absolute Gasteiger partial charge is 0.481 e. The van der Waals surface area contributed by atoms with Crippen LogP contribution in [0.4, 0.5) is 0 Å². The lowest BCUT2D eigenvalue weighted by Crippen LogP contribution is -2.64. The van der Waals surface area contributed by atoms with Crippen LogP contribution in [0.15, 0.2) is 33.5 Å². The zero-order valence-corrected chi connectivity index (χ0v) is 20.7. The van der Waals surface area contributed by atoms with E-state index in [2.05, 4.69) is 0 Å². The summed E-state index contributed by atoms with van der Waals surface area (Å²) in [7, 11) is 1.05. The molecular weight excluding hydrogens is 512 g/mol. The van der Waals surface area contributed by atoms with Crippen LogP contribution in [-0.4, -0.2) is 72.8 Å². The molecule has 1 saturated heterocycles. The molecule has 1 aromatic heterocycles. The Morgan fingerprint density at radius 2 is 1.50 bits per heavy atom. The zero-order chi connectivity index (χ0) is 28.1. The van der Waals surface area contributed by atoms with Crippen molar-refractivity contribution in [2.45, 2.75) is 57.9 Å². The predicted molar refractivity (Wildman–Crippen MR) is 122 cm³/mol. The molecule has 3 rings (SSSR count). The third-order valence-electron chi connectivity index (χ3n) is 5.23. The third-order valence-corrected chi connectivity index (χ3v) is 5.23. The maximum Gasteiger partial charge on any atom is 0.339 e. The summed E-state index contributed by atoms with van der Waals surface area (Å²) in [5.74, 6) is -4.74. The summed E-state index contributed by atoms with van der Waals surface area (Å²) in [4.78, 5) is 71.2. The molecule has 1 N–H and O–H groups in total. The number of carbonyl (C=O) groups is 5. The van der Waals surface area contributed by atoms with Gasteiger partial charge in [-0.05, 0) is 17.7 Å². The van der Waals surface area contributed by atoms with Crippen LogP contribution in [0.2, 0.25) is 0 Å². The smallest absolute Gasteiger partial charge is 0.339 e. The average molecular weight is 536 g/mol. The SMILES string of the molecule is COC(=O)C1O[C@@H](Oc2ccc3c(CC(=O)O)cc(=O)oc3c2)[C@@H](OC(C)=O)C(OC(C)=O)[C@@H]1OC(C)=O. The van der Waals surface area contributed by atoms with E-state index >= 15 is 0 Å². The molecule has 0 saturated carbocycles. The van der Waals surface area contributed by atoms with Gasteiger partial charge in [0.2, 0.25) is 12.4 Å². The van der Waals surface area contributed by atoms with Crippen LogP contribution in [0, 0.1) is 0 Å². The van der Waals surface area contributed by atoms with Crippen LogP contribution in [0.3, 0.4) is 0 Å². The van der Waals surface area contributed by atoms with E-state index in [0.717, 1.165) is 33.9 Å². The van der Waals surface area contributed by atoms with Gasteiger partial charge in [-0.1, -0.05) is 0 Å². The fraction of sp³-hybridized carbons (Fsp3) is 0.417. The zero-order valence-electron chi connectivity index (χ0n) is 20.7. The van der Waals surface area contributed by atoms with Crippen LogP contribution in [0.1, 0.15) is 26.3 Å². The van der Waals surface area contributed by atoms with Crippen molar-refractivity contribution in [1.29, 1.82) is 0 Å². The van der Waals surface area contributed by atoms with E-state index in [9.17, 15) is 28.8 Å². The number of carboxylic acids is 1. The molecular formula is C24H24O14. The number of carbonyl (C=O) groups excluding carboxylic acids is 4. The number of fused-ring (bicyclic) bond motifs is 1. The second kappa shape index (κ2) is 11.7. The molecule has 5 atom stereocenters. The Morgan fingerprint density at radius 1 is 0.895 bits per heavy atom. The highest BCUT2D eigenvalue weighted by molar-refractivity contribution is 5.85. The normalized spacial score (nSPS) is 22.7. The molecule has 14 nitrogen and oxygen atoms in total.